The monoisotopic (exact) mass is 276 g/mol. The summed E-state index contributed by atoms with van der Waals surface area (Å²) in [6.45, 7) is 5.76. The van der Waals surface area contributed by atoms with E-state index in [0.717, 1.165) is 5.56 Å². The zero-order valence-electron chi connectivity index (χ0n) is 11.9. The van der Waals surface area contributed by atoms with Crippen molar-refractivity contribution in [2.45, 2.75) is 26.8 Å². The zero-order chi connectivity index (χ0) is 14.5. The first-order chi connectivity index (χ1) is 9.56. The molecule has 1 heterocycles. The molecule has 0 unspecified atom stereocenters. The number of carbonyl (C=O) groups is 2. The maximum absolute atomic E-state index is 11.7. The molecule has 0 saturated carbocycles. The summed E-state index contributed by atoms with van der Waals surface area (Å²) < 4.78 is 5.37. The van der Waals surface area contributed by atoms with Crippen LogP contribution < -0.4 is 10.6 Å². The largest absolute Gasteiger partial charge is 0.381 e. The van der Waals surface area contributed by atoms with E-state index in [2.05, 4.69) is 24.5 Å². The smallest absolute Gasteiger partial charge is 0.251 e. The van der Waals surface area contributed by atoms with E-state index in [9.17, 15) is 9.59 Å². The molecule has 5 heteroatoms. The molecule has 2 N–H and O–H groups in total. The molecule has 0 radical (unpaired) electrons. The van der Waals surface area contributed by atoms with Gasteiger partial charge in [-0.3, -0.25) is 9.59 Å². The van der Waals surface area contributed by atoms with Gasteiger partial charge < -0.3 is 15.4 Å². The number of nitrogens with one attached hydrogen (secondary N) is 2. The highest BCUT2D eigenvalue weighted by atomic mass is 16.5. The number of benzene rings is 1. The Bertz CT molecular complexity index is 512. The van der Waals surface area contributed by atoms with Crippen molar-refractivity contribution in [3.8, 4) is 0 Å². The average Bonchev–Trinajstić information content (AvgIpc) is 2.76. The first-order valence-corrected chi connectivity index (χ1v) is 6.85. The number of hydrogen-bond donors (Lipinski definition) is 2. The second-order valence-corrected chi connectivity index (χ2v) is 5.32. The predicted octanol–water partition coefficient (Wildman–Crippen LogP) is 1.93. The van der Waals surface area contributed by atoms with Gasteiger partial charge in [0.15, 0.2) is 0 Å². The molecule has 0 spiro atoms. The summed E-state index contributed by atoms with van der Waals surface area (Å²) in [5.74, 6) is 0.275. The first-order valence-electron chi connectivity index (χ1n) is 6.85. The Balaban J connectivity index is 1.83. The number of rotatable bonds is 6. The molecule has 1 aliphatic heterocycles. The van der Waals surface area contributed by atoms with Gasteiger partial charge in [-0.2, -0.15) is 0 Å². The van der Waals surface area contributed by atoms with E-state index in [0.29, 0.717) is 43.3 Å². The summed E-state index contributed by atoms with van der Waals surface area (Å²) >= 11 is 0. The van der Waals surface area contributed by atoms with Crippen molar-refractivity contribution in [3.63, 3.8) is 0 Å². The predicted molar refractivity (Wildman–Crippen MR) is 76.5 cm³/mol. The van der Waals surface area contributed by atoms with E-state index in [4.69, 9.17) is 4.74 Å². The fourth-order valence-electron chi connectivity index (χ4n) is 2.00. The molecule has 2 amide bonds. The van der Waals surface area contributed by atoms with Crippen LogP contribution in [0.3, 0.4) is 0 Å². The van der Waals surface area contributed by atoms with Gasteiger partial charge in [0.2, 0.25) is 5.91 Å². The number of carbonyl (C=O) groups excluding carboxylic acids is 2. The minimum absolute atomic E-state index is 0.0867. The number of hydrogen-bond acceptors (Lipinski definition) is 3. The van der Waals surface area contributed by atoms with Crippen molar-refractivity contribution in [1.82, 2.24) is 5.32 Å². The summed E-state index contributed by atoms with van der Waals surface area (Å²) in [5.41, 5.74) is 2.25. The van der Waals surface area contributed by atoms with E-state index >= 15 is 0 Å². The fraction of sp³-hybridized carbons (Fsp3) is 0.467. The Morgan fingerprint density at radius 1 is 1.45 bits per heavy atom. The lowest BCUT2D eigenvalue weighted by Gasteiger charge is -2.08. The molecule has 0 atom stereocenters. The molecule has 1 aromatic rings. The van der Waals surface area contributed by atoms with Gasteiger partial charge in [-0.25, -0.2) is 0 Å². The normalized spacial score (nSPS) is 13.2. The molecule has 1 aromatic carbocycles. The van der Waals surface area contributed by atoms with Crippen LogP contribution in [-0.2, 0) is 16.1 Å². The maximum atomic E-state index is 11.7. The molecule has 0 bridgehead atoms. The van der Waals surface area contributed by atoms with Gasteiger partial charge in [-0.15, -0.1) is 0 Å². The quantitative estimate of drug-likeness (QED) is 0.780. The molecular formula is C15H20N2O3. The number of ether oxygens (including phenoxy) is 1. The second kappa shape index (κ2) is 6.52. The summed E-state index contributed by atoms with van der Waals surface area (Å²) in [6, 6.07) is 5.38. The van der Waals surface area contributed by atoms with Crippen LogP contribution in [0.2, 0.25) is 0 Å². The van der Waals surface area contributed by atoms with Crippen molar-refractivity contribution >= 4 is 17.5 Å². The summed E-state index contributed by atoms with van der Waals surface area (Å²) in [5, 5.41) is 5.53. The minimum Gasteiger partial charge on any atom is -0.381 e. The van der Waals surface area contributed by atoms with Crippen molar-refractivity contribution in [3.05, 3.63) is 29.3 Å². The molecule has 0 saturated heterocycles. The Hall–Kier alpha value is -1.88. The van der Waals surface area contributed by atoms with Crippen LogP contribution in [0.5, 0.6) is 0 Å². The van der Waals surface area contributed by atoms with Gasteiger partial charge in [0.05, 0.1) is 13.0 Å². The third-order valence-corrected chi connectivity index (χ3v) is 3.00. The number of amides is 2. The van der Waals surface area contributed by atoms with E-state index in [1.54, 1.807) is 6.07 Å². The maximum Gasteiger partial charge on any atom is 0.251 e. The highest BCUT2D eigenvalue weighted by molar-refractivity contribution is 6.00. The van der Waals surface area contributed by atoms with Crippen LogP contribution >= 0.6 is 0 Å². The second-order valence-electron chi connectivity index (χ2n) is 5.32. The van der Waals surface area contributed by atoms with Gasteiger partial charge in [-0.1, -0.05) is 19.9 Å². The SMILES string of the molecule is CC(C)COCCC(=O)Nc1ccc2c(c1)C(=O)NC2. The third-order valence-electron chi connectivity index (χ3n) is 3.00. The third kappa shape index (κ3) is 3.81. The Morgan fingerprint density at radius 2 is 2.25 bits per heavy atom. The van der Waals surface area contributed by atoms with Crippen LogP contribution in [0.25, 0.3) is 0 Å². The Labute approximate surface area is 118 Å². The molecule has 1 aliphatic rings. The molecule has 108 valence electrons. The lowest BCUT2D eigenvalue weighted by molar-refractivity contribution is -0.117. The van der Waals surface area contributed by atoms with Gasteiger partial charge in [0, 0.05) is 24.4 Å². The molecule has 5 nitrogen and oxygen atoms in total. The van der Waals surface area contributed by atoms with E-state index in [1.165, 1.54) is 0 Å². The van der Waals surface area contributed by atoms with Crippen LogP contribution in [0.1, 0.15) is 36.2 Å². The topological polar surface area (TPSA) is 67.4 Å². The molecule has 20 heavy (non-hydrogen) atoms. The fourth-order valence-corrected chi connectivity index (χ4v) is 2.00. The Kier molecular flexibility index (Phi) is 4.74. The zero-order valence-corrected chi connectivity index (χ0v) is 11.9. The van der Waals surface area contributed by atoms with E-state index in [-0.39, 0.29) is 11.8 Å². The molecular weight excluding hydrogens is 256 g/mol. The van der Waals surface area contributed by atoms with E-state index < -0.39 is 0 Å². The summed E-state index contributed by atoms with van der Waals surface area (Å²) in [4.78, 5) is 23.3. The van der Waals surface area contributed by atoms with E-state index in [1.807, 2.05) is 12.1 Å². The van der Waals surface area contributed by atoms with Crippen LogP contribution in [-0.4, -0.2) is 25.0 Å². The highest BCUT2D eigenvalue weighted by Gasteiger charge is 2.18. The van der Waals surface area contributed by atoms with Gasteiger partial charge >= 0.3 is 0 Å². The first kappa shape index (κ1) is 14.5. The molecule has 0 aromatic heterocycles. The van der Waals surface area contributed by atoms with Gasteiger partial charge in [0.25, 0.3) is 5.91 Å². The van der Waals surface area contributed by atoms with Gasteiger partial charge in [-0.05, 0) is 23.6 Å². The van der Waals surface area contributed by atoms with Crippen molar-refractivity contribution in [2.24, 2.45) is 5.92 Å². The number of fused-ring (bicyclic) bond motifs is 1. The van der Waals surface area contributed by atoms with Gasteiger partial charge in [0.1, 0.15) is 0 Å². The lowest BCUT2D eigenvalue weighted by atomic mass is 10.1. The average molecular weight is 276 g/mol. The van der Waals surface area contributed by atoms with Crippen LogP contribution in [0.4, 0.5) is 5.69 Å². The standard InChI is InChI=1S/C15H20N2O3/c1-10(2)9-20-6-5-14(18)17-12-4-3-11-8-16-15(19)13(11)7-12/h3-4,7,10H,5-6,8-9H2,1-2H3,(H,16,19)(H,17,18). The van der Waals surface area contributed by atoms with Crippen molar-refractivity contribution in [1.29, 1.82) is 0 Å². The lowest BCUT2D eigenvalue weighted by Crippen LogP contribution is -2.16. The van der Waals surface area contributed by atoms with Crippen LogP contribution in [0.15, 0.2) is 18.2 Å². The summed E-state index contributed by atoms with van der Waals surface area (Å²) in [6.07, 6.45) is 0.315. The number of anilines is 1. The molecule has 0 fully saturated rings. The van der Waals surface area contributed by atoms with Crippen molar-refractivity contribution in [2.75, 3.05) is 18.5 Å². The molecule has 0 aliphatic carbocycles. The highest BCUT2D eigenvalue weighted by Crippen LogP contribution is 2.20. The van der Waals surface area contributed by atoms with Crippen LogP contribution in [0, 0.1) is 5.92 Å². The summed E-state index contributed by atoms with van der Waals surface area (Å²) in [7, 11) is 0. The van der Waals surface area contributed by atoms with Crippen molar-refractivity contribution < 1.29 is 14.3 Å². The molecule has 2 rings (SSSR count). The Morgan fingerprint density at radius 3 is 3.00 bits per heavy atom. The minimum atomic E-state index is -0.105.